The Balaban J connectivity index is 4.21. The van der Waals surface area contributed by atoms with E-state index in [0.29, 0.717) is 17.4 Å². The third-order valence-corrected chi connectivity index (χ3v) is 11.4. The van der Waals surface area contributed by atoms with Crippen LogP contribution < -0.4 is 0 Å². The number of quaternary nitrogens is 1. The number of ether oxygens (including phenoxy) is 2. The summed E-state index contributed by atoms with van der Waals surface area (Å²) < 4.78 is 34.3. The molecule has 0 spiro atoms. The average molecular weight is 917 g/mol. The van der Waals surface area contributed by atoms with Gasteiger partial charge in [0.05, 0.1) is 27.7 Å². The van der Waals surface area contributed by atoms with Crippen molar-refractivity contribution in [1.29, 1.82) is 0 Å². The lowest BCUT2D eigenvalue weighted by molar-refractivity contribution is -0.870. The van der Waals surface area contributed by atoms with Crippen LogP contribution in [0.15, 0.2) is 85.1 Å². The Morgan fingerprint density at radius 1 is 0.500 bits per heavy atom. The number of hydrogen-bond donors (Lipinski definition) is 1. The summed E-state index contributed by atoms with van der Waals surface area (Å²) in [4.78, 5) is 35.4. The van der Waals surface area contributed by atoms with E-state index in [2.05, 4.69) is 86.8 Å². The summed E-state index contributed by atoms with van der Waals surface area (Å²) in [5, 5.41) is 0. The summed E-state index contributed by atoms with van der Waals surface area (Å²) in [7, 11) is 1.42. The first kappa shape index (κ1) is 61.2. The van der Waals surface area contributed by atoms with Gasteiger partial charge in [0.15, 0.2) is 6.10 Å². The van der Waals surface area contributed by atoms with E-state index >= 15 is 0 Å². The number of carbonyl (C=O) groups is 2. The van der Waals surface area contributed by atoms with Gasteiger partial charge in [0.2, 0.25) is 0 Å². The lowest BCUT2D eigenvalue weighted by Crippen LogP contribution is -2.37. The van der Waals surface area contributed by atoms with Crippen LogP contribution in [0.4, 0.5) is 0 Å². The molecule has 10 heteroatoms. The minimum Gasteiger partial charge on any atom is -0.462 e. The molecule has 2 unspecified atom stereocenters. The summed E-state index contributed by atoms with van der Waals surface area (Å²) in [6.07, 6.45) is 59.6. The number of likely N-dealkylation sites (N-methyl/N-ethyl adjacent to an activating group) is 1. The van der Waals surface area contributed by atoms with Gasteiger partial charge in [0.1, 0.15) is 19.8 Å². The summed E-state index contributed by atoms with van der Waals surface area (Å²) in [5.74, 6) is -0.899. The summed E-state index contributed by atoms with van der Waals surface area (Å²) in [5.41, 5.74) is 0. The molecule has 9 nitrogen and oxygen atoms in total. The average Bonchev–Trinajstić information content (AvgIpc) is 3.25. The zero-order valence-corrected chi connectivity index (χ0v) is 42.4. The minimum absolute atomic E-state index is 0.0150. The smallest absolute Gasteiger partial charge is 0.462 e. The first-order valence-electron chi connectivity index (χ1n) is 25.3. The van der Waals surface area contributed by atoms with E-state index < -0.39 is 32.5 Å². The number of hydrogen-bond acceptors (Lipinski definition) is 7. The fourth-order valence-electron chi connectivity index (χ4n) is 6.51. The topological polar surface area (TPSA) is 108 Å². The van der Waals surface area contributed by atoms with Crippen LogP contribution in [0.3, 0.4) is 0 Å². The molecule has 0 amide bonds. The molecule has 0 aliphatic heterocycles. The highest BCUT2D eigenvalue weighted by molar-refractivity contribution is 7.47. The Hall–Kier alpha value is -2.81. The van der Waals surface area contributed by atoms with E-state index in [1.807, 2.05) is 33.3 Å². The fraction of sp³-hybridized carbons (Fsp3) is 0.704. The van der Waals surface area contributed by atoms with Gasteiger partial charge in [-0.2, -0.15) is 0 Å². The molecule has 0 bridgehead atoms. The molecule has 0 aromatic rings. The molecule has 0 saturated heterocycles. The largest absolute Gasteiger partial charge is 0.472 e. The standard InChI is InChI=1S/C54H94NO8P/c1-6-8-10-12-14-16-18-20-21-22-23-24-25-26-27-28-29-30-31-32-33-35-36-38-40-42-44-46-53(56)60-50-52(51-62-64(58,59)61-49-48-55(3,4)5)63-54(57)47-45-43-41-39-37-34-19-17-15-13-11-9-7-2/h9,11,15,17-18,20,22-23,25-26,34,37,41,43,52H,6-8,10,12-14,16,19,21,24,27-33,35-36,38-40,42,44-51H2,1-5H3/p+1/b11-9-,17-15-,20-18-,23-22-,26-25-,37-34-,43-41-. The van der Waals surface area contributed by atoms with Gasteiger partial charge in [-0.1, -0.05) is 189 Å². The van der Waals surface area contributed by atoms with Gasteiger partial charge < -0.3 is 18.9 Å². The van der Waals surface area contributed by atoms with E-state index in [1.165, 1.54) is 103 Å². The molecule has 0 radical (unpaired) electrons. The molecular weight excluding hydrogens is 822 g/mol. The highest BCUT2D eigenvalue weighted by Crippen LogP contribution is 2.43. The van der Waals surface area contributed by atoms with Crippen LogP contribution in [0.25, 0.3) is 0 Å². The molecule has 0 aliphatic carbocycles. The van der Waals surface area contributed by atoms with Crippen molar-refractivity contribution in [3.05, 3.63) is 85.1 Å². The van der Waals surface area contributed by atoms with Crippen LogP contribution in [0.5, 0.6) is 0 Å². The Morgan fingerprint density at radius 2 is 0.922 bits per heavy atom. The van der Waals surface area contributed by atoms with Gasteiger partial charge in [0, 0.05) is 12.8 Å². The van der Waals surface area contributed by atoms with Crippen LogP contribution >= 0.6 is 7.82 Å². The highest BCUT2D eigenvalue weighted by atomic mass is 31.2. The first-order chi connectivity index (χ1) is 31.0. The minimum atomic E-state index is -4.40. The Morgan fingerprint density at radius 3 is 1.39 bits per heavy atom. The van der Waals surface area contributed by atoms with Gasteiger partial charge in [-0.3, -0.25) is 18.6 Å². The Bertz CT molecular complexity index is 1360. The predicted molar refractivity (Wildman–Crippen MR) is 270 cm³/mol. The number of phosphoric acid groups is 1. The Labute approximate surface area is 392 Å². The van der Waals surface area contributed by atoms with Crippen LogP contribution in [0.2, 0.25) is 0 Å². The van der Waals surface area contributed by atoms with E-state index in [4.69, 9.17) is 18.5 Å². The maximum Gasteiger partial charge on any atom is 0.472 e. The highest BCUT2D eigenvalue weighted by Gasteiger charge is 2.27. The molecule has 0 aromatic carbocycles. The molecule has 0 saturated carbocycles. The van der Waals surface area contributed by atoms with Crippen molar-refractivity contribution in [2.75, 3.05) is 47.5 Å². The Kier molecular flexibility index (Phi) is 43.4. The van der Waals surface area contributed by atoms with Crippen molar-refractivity contribution in [2.24, 2.45) is 0 Å². The second-order valence-electron chi connectivity index (χ2n) is 17.8. The molecule has 2 atom stereocenters. The predicted octanol–water partition coefficient (Wildman–Crippen LogP) is 15.1. The molecule has 0 heterocycles. The maximum atomic E-state index is 12.7. The maximum absolute atomic E-state index is 12.7. The van der Waals surface area contributed by atoms with Crippen molar-refractivity contribution in [1.82, 2.24) is 0 Å². The first-order valence-corrected chi connectivity index (χ1v) is 26.8. The molecular formula is C54H95NO8P+. The molecule has 0 fully saturated rings. The number of esters is 2. The van der Waals surface area contributed by atoms with E-state index in [0.717, 1.165) is 57.8 Å². The molecule has 0 aliphatic rings. The third kappa shape index (κ3) is 48.6. The van der Waals surface area contributed by atoms with Crippen LogP contribution in [0, 0.1) is 0 Å². The molecule has 0 rings (SSSR count). The third-order valence-electron chi connectivity index (χ3n) is 10.4. The van der Waals surface area contributed by atoms with Crippen molar-refractivity contribution < 1.29 is 42.1 Å². The van der Waals surface area contributed by atoms with E-state index in [1.54, 1.807) is 0 Å². The number of phosphoric ester groups is 1. The van der Waals surface area contributed by atoms with Gasteiger partial charge in [0.25, 0.3) is 0 Å². The molecule has 368 valence electrons. The zero-order valence-electron chi connectivity index (χ0n) is 41.5. The van der Waals surface area contributed by atoms with Gasteiger partial charge in [-0.25, -0.2) is 4.57 Å². The van der Waals surface area contributed by atoms with E-state index in [9.17, 15) is 19.0 Å². The van der Waals surface area contributed by atoms with E-state index in [-0.39, 0.29) is 26.1 Å². The van der Waals surface area contributed by atoms with Crippen LogP contribution in [-0.4, -0.2) is 74.9 Å². The summed E-state index contributed by atoms with van der Waals surface area (Å²) in [6.45, 7) is 4.20. The normalized spacial score (nSPS) is 14.2. The van der Waals surface area contributed by atoms with Crippen molar-refractivity contribution in [3.63, 3.8) is 0 Å². The second-order valence-corrected chi connectivity index (χ2v) is 19.3. The van der Waals surface area contributed by atoms with Crippen LogP contribution in [0.1, 0.15) is 194 Å². The van der Waals surface area contributed by atoms with Gasteiger partial charge in [-0.15, -0.1) is 0 Å². The zero-order chi connectivity index (χ0) is 47.1. The van der Waals surface area contributed by atoms with Crippen molar-refractivity contribution >= 4 is 19.8 Å². The number of carbonyl (C=O) groups excluding carboxylic acids is 2. The second kappa shape index (κ2) is 45.4. The van der Waals surface area contributed by atoms with Crippen LogP contribution in [-0.2, 0) is 32.7 Å². The quantitative estimate of drug-likeness (QED) is 0.0212. The molecule has 1 N–H and O–H groups in total. The summed E-state index contributed by atoms with van der Waals surface area (Å²) in [6, 6.07) is 0. The van der Waals surface area contributed by atoms with Gasteiger partial charge in [-0.05, 0) is 77.0 Å². The number of nitrogens with zero attached hydrogens (tertiary/aromatic N) is 1. The number of unbranched alkanes of at least 4 members (excludes halogenated alkanes) is 17. The number of rotatable bonds is 45. The van der Waals surface area contributed by atoms with Gasteiger partial charge >= 0.3 is 19.8 Å². The van der Waals surface area contributed by atoms with Crippen molar-refractivity contribution in [2.45, 2.75) is 200 Å². The number of allylic oxidation sites excluding steroid dienone is 14. The molecule has 64 heavy (non-hydrogen) atoms. The fourth-order valence-corrected chi connectivity index (χ4v) is 7.25. The lowest BCUT2D eigenvalue weighted by Gasteiger charge is -2.24. The van der Waals surface area contributed by atoms with Crippen molar-refractivity contribution in [3.8, 4) is 0 Å². The SMILES string of the molecule is CC/C=C\C/C=C\C/C=C\C/C=C\CCC(=O)OC(COC(=O)CCCCCCCCCCCCCC/C=C\C/C=C\C/C=C\CCCCCCC)COP(=O)(O)OCC[N+](C)(C)C. The summed E-state index contributed by atoms with van der Waals surface area (Å²) >= 11 is 0. The monoisotopic (exact) mass is 917 g/mol. The lowest BCUT2D eigenvalue weighted by atomic mass is 10.0. The molecule has 0 aromatic heterocycles.